The van der Waals surface area contributed by atoms with Crippen molar-refractivity contribution < 1.29 is 24.5 Å². The lowest BCUT2D eigenvalue weighted by atomic mass is 10.8. The second kappa shape index (κ2) is 3.98. The fraction of sp³-hybridized carbons (Fsp3) is 0. The largest absolute Gasteiger partial charge is 0.516 e. The molecule has 0 aliphatic heterocycles. The van der Waals surface area contributed by atoms with Gasteiger partial charge in [0.1, 0.15) is 0 Å². The van der Waals surface area contributed by atoms with Crippen LogP contribution in [0.3, 0.4) is 0 Å². The van der Waals surface area contributed by atoms with Crippen LogP contribution >= 0.6 is 0 Å². The normalized spacial score (nSPS) is 6.50. The molecular formula is C2H2BO5. The minimum atomic E-state index is -1.81. The summed E-state index contributed by atoms with van der Waals surface area (Å²) in [5, 5.41) is 15.0. The lowest BCUT2D eigenvalue weighted by Gasteiger charge is -1.84. The molecule has 0 aliphatic carbocycles. The van der Waals surface area contributed by atoms with Crippen LogP contribution in [-0.4, -0.2) is 30.9 Å². The molecular weight excluding hydrogens is 115 g/mol. The Bertz CT molecular complexity index is 86.6. The Kier molecular flexibility index (Phi) is 4.94. The highest BCUT2D eigenvalue weighted by atomic mass is 16.7. The van der Waals surface area contributed by atoms with Crippen LogP contribution in [0.2, 0.25) is 0 Å². The Labute approximate surface area is 46.5 Å². The SMILES string of the molecule is O=C(O)OC(=O)O.[B]. The van der Waals surface area contributed by atoms with Crippen molar-refractivity contribution in [2.24, 2.45) is 0 Å². The molecule has 0 fully saturated rings. The summed E-state index contributed by atoms with van der Waals surface area (Å²) in [5.41, 5.74) is 0. The van der Waals surface area contributed by atoms with E-state index in [1.165, 1.54) is 0 Å². The molecule has 0 atom stereocenters. The molecule has 43 valence electrons. The van der Waals surface area contributed by atoms with Crippen LogP contribution in [0.1, 0.15) is 0 Å². The van der Waals surface area contributed by atoms with Gasteiger partial charge in [-0.1, -0.05) is 0 Å². The summed E-state index contributed by atoms with van der Waals surface area (Å²) < 4.78 is 3.08. The summed E-state index contributed by atoms with van der Waals surface area (Å²) in [6.45, 7) is 0. The molecule has 6 heteroatoms. The first kappa shape index (κ1) is 9.93. The van der Waals surface area contributed by atoms with Crippen LogP contribution in [0.25, 0.3) is 0 Å². The minimum Gasteiger partial charge on any atom is -0.449 e. The van der Waals surface area contributed by atoms with Crippen molar-refractivity contribution in [2.45, 2.75) is 0 Å². The lowest BCUT2D eigenvalue weighted by Crippen LogP contribution is -2.05. The van der Waals surface area contributed by atoms with Gasteiger partial charge in [0, 0.05) is 8.41 Å². The summed E-state index contributed by atoms with van der Waals surface area (Å²) in [6.07, 6.45) is -3.62. The smallest absolute Gasteiger partial charge is 0.449 e. The highest BCUT2D eigenvalue weighted by molar-refractivity contribution is 5.75. The zero-order chi connectivity index (χ0) is 5.86. The molecule has 2 N–H and O–H groups in total. The molecule has 0 bridgehead atoms. The van der Waals surface area contributed by atoms with Gasteiger partial charge < -0.3 is 14.9 Å². The molecule has 0 rings (SSSR count). The fourth-order valence-corrected chi connectivity index (χ4v) is 0.0747. The van der Waals surface area contributed by atoms with Gasteiger partial charge in [-0.05, 0) is 0 Å². The predicted octanol–water partition coefficient (Wildman–Crippen LogP) is -0.0218. The van der Waals surface area contributed by atoms with E-state index in [1.54, 1.807) is 0 Å². The number of rotatable bonds is 0. The van der Waals surface area contributed by atoms with Crippen molar-refractivity contribution in [1.29, 1.82) is 0 Å². The molecule has 0 aromatic rings. The zero-order valence-corrected chi connectivity index (χ0v) is 3.70. The second-order valence-corrected chi connectivity index (χ2v) is 0.634. The minimum absolute atomic E-state index is 0. The van der Waals surface area contributed by atoms with Gasteiger partial charge in [-0.15, -0.1) is 0 Å². The van der Waals surface area contributed by atoms with Crippen LogP contribution in [0, 0.1) is 0 Å². The fourth-order valence-electron chi connectivity index (χ4n) is 0.0747. The molecule has 0 unspecified atom stereocenters. The maximum atomic E-state index is 9.21. The standard InChI is InChI=1S/C2H2O5.B/c3-1(4)7-2(5)6;/h(H,3,4)(H,5,6);. The average Bonchev–Trinajstić information content (AvgIpc) is 1.27. The molecule has 0 aliphatic rings. The number of carbonyl (C=O) groups is 2. The average molecular weight is 117 g/mol. The molecule has 0 saturated carbocycles. The third-order valence-corrected chi connectivity index (χ3v) is 0.175. The van der Waals surface area contributed by atoms with Crippen LogP contribution in [0.5, 0.6) is 0 Å². The number of ether oxygens (including phenoxy) is 1. The number of carboxylic acid groups (broad SMARTS) is 2. The Balaban J connectivity index is 0. The monoisotopic (exact) mass is 117 g/mol. The van der Waals surface area contributed by atoms with Crippen LogP contribution < -0.4 is 0 Å². The first-order chi connectivity index (χ1) is 3.13. The van der Waals surface area contributed by atoms with Crippen molar-refractivity contribution >= 4 is 20.7 Å². The maximum absolute atomic E-state index is 9.21. The second-order valence-electron chi connectivity index (χ2n) is 0.634. The quantitative estimate of drug-likeness (QED) is 0.264. The Morgan fingerprint density at radius 1 is 1.12 bits per heavy atom. The van der Waals surface area contributed by atoms with E-state index in [0.29, 0.717) is 0 Å². The topological polar surface area (TPSA) is 83.8 Å². The first-order valence-corrected chi connectivity index (χ1v) is 1.26. The number of hydrogen-bond donors (Lipinski definition) is 2. The summed E-state index contributed by atoms with van der Waals surface area (Å²) in [7, 11) is 0. The highest BCUT2D eigenvalue weighted by Gasteiger charge is 2.01. The van der Waals surface area contributed by atoms with E-state index in [4.69, 9.17) is 10.2 Å². The van der Waals surface area contributed by atoms with Crippen molar-refractivity contribution in [2.75, 3.05) is 0 Å². The Morgan fingerprint density at radius 2 is 1.38 bits per heavy atom. The van der Waals surface area contributed by atoms with E-state index in [2.05, 4.69) is 4.74 Å². The van der Waals surface area contributed by atoms with Gasteiger partial charge >= 0.3 is 12.3 Å². The summed E-state index contributed by atoms with van der Waals surface area (Å²) in [4.78, 5) is 18.4. The Hall–Kier alpha value is -1.20. The van der Waals surface area contributed by atoms with Gasteiger partial charge in [0.05, 0.1) is 0 Å². The van der Waals surface area contributed by atoms with Gasteiger partial charge in [0.25, 0.3) is 0 Å². The van der Waals surface area contributed by atoms with Gasteiger partial charge in [0.2, 0.25) is 0 Å². The van der Waals surface area contributed by atoms with Gasteiger partial charge in [-0.3, -0.25) is 0 Å². The third-order valence-electron chi connectivity index (χ3n) is 0.175. The molecule has 0 aromatic carbocycles. The highest BCUT2D eigenvalue weighted by Crippen LogP contribution is 1.73. The van der Waals surface area contributed by atoms with Crippen molar-refractivity contribution in [1.82, 2.24) is 0 Å². The maximum Gasteiger partial charge on any atom is 0.516 e. The van der Waals surface area contributed by atoms with E-state index in [1.807, 2.05) is 0 Å². The Morgan fingerprint density at radius 3 is 1.38 bits per heavy atom. The van der Waals surface area contributed by atoms with E-state index >= 15 is 0 Å². The van der Waals surface area contributed by atoms with Gasteiger partial charge in [-0.25, -0.2) is 9.59 Å². The van der Waals surface area contributed by atoms with E-state index < -0.39 is 12.3 Å². The lowest BCUT2D eigenvalue weighted by molar-refractivity contribution is 0.0802. The van der Waals surface area contributed by atoms with Crippen LogP contribution in [0.4, 0.5) is 9.59 Å². The van der Waals surface area contributed by atoms with Crippen LogP contribution in [0.15, 0.2) is 0 Å². The molecule has 0 aromatic heterocycles. The summed E-state index contributed by atoms with van der Waals surface area (Å²) in [6, 6.07) is 0. The van der Waals surface area contributed by atoms with Gasteiger partial charge in [-0.2, -0.15) is 0 Å². The van der Waals surface area contributed by atoms with Crippen LogP contribution in [-0.2, 0) is 4.74 Å². The zero-order valence-electron chi connectivity index (χ0n) is 3.70. The molecule has 5 nitrogen and oxygen atoms in total. The third kappa shape index (κ3) is 8.84. The van der Waals surface area contributed by atoms with E-state index in [-0.39, 0.29) is 8.41 Å². The number of hydrogen-bond acceptors (Lipinski definition) is 3. The first-order valence-electron chi connectivity index (χ1n) is 1.26. The molecule has 0 spiro atoms. The summed E-state index contributed by atoms with van der Waals surface area (Å²) >= 11 is 0. The van der Waals surface area contributed by atoms with Gasteiger partial charge in [0.15, 0.2) is 0 Å². The predicted molar refractivity (Wildman–Crippen MR) is 22.9 cm³/mol. The van der Waals surface area contributed by atoms with Crippen molar-refractivity contribution in [3.63, 3.8) is 0 Å². The molecule has 3 radical (unpaired) electrons. The summed E-state index contributed by atoms with van der Waals surface area (Å²) in [5.74, 6) is 0. The van der Waals surface area contributed by atoms with E-state index in [0.717, 1.165) is 0 Å². The van der Waals surface area contributed by atoms with Crippen molar-refractivity contribution in [3.05, 3.63) is 0 Å². The molecule has 8 heavy (non-hydrogen) atoms. The molecule has 0 amide bonds. The van der Waals surface area contributed by atoms with Crippen molar-refractivity contribution in [3.8, 4) is 0 Å². The van der Waals surface area contributed by atoms with E-state index in [9.17, 15) is 9.59 Å². The molecule has 0 heterocycles. The molecule has 0 saturated heterocycles.